The molecular formula is C13H13F2NO3. The summed E-state index contributed by atoms with van der Waals surface area (Å²) in [6.45, 7) is -1.28. The maximum absolute atomic E-state index is 12.2. The van der Waals surface area contributed by atoms with Crippen molar-refractivity contribution in [2.45, 2.75) is 13.5 Å². The molecule has 102 valence electrons. The summed E-state index contributed by atoms with van der Waals surface area (Å²) >= 11 is 0. The second-order valence-electron chi connectivity index (χ2n) is 3.87. The zero-order chi connectivity index (χ0) is 14.0. The van der Waals surface area contributed by atoms with Crippen LogP contribution in [0, 0.1) is 6.92 Å². The van der Waals surface area contributed by atoms with Crippen molar-refractivity contribution in [2.75, 3.05) is 12.4 Å². The van der Waals surface area contributed by atoms with Gasteiger partial charge in [0.15, 0.2) is 5.75 Å². The molecule has 0 saturated heterocycles. The van der Waals surface area contributed by atoms with Gasteiger partial charge in [0, 0.05) is 7.05 Å². The fraction of sp³-hybridized carbons (Fsp3) is 0.231. The second-order valence-corrected chi connectivity index (χ2v) is 3.87. The van der Waals surface area contributed by atoms with Crippen LogP contribution in [0.15, 0.2) is 28.7 Å². The van der Waals surface area contributed by atoms with Crippen molar-refractivity contribution in [3.05, 3.63) is 30.0 Å². The minimum Gasteiger partial charge on any atom is -0.504 e. The lowest BCUT2D eigenvalue weighted by Gasteiger charge is -2.07. The summed E-state index contributed by atoms with van der Waals surface area (Å²) in [6.07, 6.45) is 0. The lowest BCUT2D eigenvalue weighted by molar-refractivity contribution is -0.0498. The Labute approximate surface area is 108 Å². The number of aromatic hydroxyl groups is 1. The maximum Gasteiger partial charge on any atom is 0.387 e. The van der Waals surface area contributed by atoms with E-state index in [1.165, 1.54) is 12.1 Å². The average Bonchev–Trinajstić information content (AvgIpc) is 2.65. The van der Waals surface area contributed by atoms with Gasteiger partial charge in [0.1, 0.15) is 11.5 Å². The molecule has 1 aromatic carbocycles. The molecular weight excluding hydrogens is 256 g/mol. The van der Waals surface area contributed by atoms with E-state index in [2.05, 4.69) is 10.1 Å². The zero-order valence-electron chi connectivity index (χ0n) is 10.4. The van der Waals surface area contributed by atoms with E-state index in [9.17, 15) is 13.9 Å². The van der Waals surface area contributed by atoms with Gasteiger partial charge in [-0.15, -0.1) is 0 Å². The first-order valence-electron chi connectivity index (χ1n) is 5.58. The molecule has 0 aliphatic heterocycles. The summed E-state index contributed by atoms with van der Waals surface area (Å²) in [7, 11) is 1.64. The molecule has 6 heteroatoms. The smallest absolute Gasteiger partial charge is 0.387 e. The van der Waals surface area contributed by atoms with Crippen LogP contribution in [0.25, 0.3) is 11.1 Å². The first-order valence-corrected chi connectivity index (χ1v) is 5.58. The van der Waals surface area contributed by atoms with Gasteiger partial charge < -0.3 is 19.6 Å². The van der Waals surface area contributed by atoms with Gasteiger partial charge in [-0.05, 0) is 24.6 Å². The van der Waals surface area contributed by atoms with Gasteiger partial charge >= 0.3 is 6.61 Å². The van der Waals surface area contributed by atoms with E-state index in [1.54, 1.807) is 26.1 Å². The fourth-order valence-electron chi connectivity index (χ4n) is 1.81. The summed E-state index contributed by atoms with van der Waals surface area (Å²) in [6, 6.07) is 6.06. The predicted octanol–water partition coefficient (Wildman–Crippen LogP) is 3.60. The minimum atomic E-state index is -2.89. The molecule has 0 radical (unpaired) electrons. The van der Waals surface area contributed by atoms with Crippen molar-refractivity contribution in [3.8, 4) is 22.6 Å². The number of alkyl halides is 2. The van der Waals surface area contributed by atoms with Crippen LogP contribution in [0.5, 0.6) is 11.5 Å². The van der Waals surface area contributed by atoms with E-state index in [0.717, 1.165) is 0 Å². The summed E-state index contributed by atoms with van der Waals surface area (Å²) in [4.78, 5) is 0. The summed E-state index contributed by atoms with van der Waals surface area (Å²) in [5, 5.41) is 12.8. The highest BCUT2D eigenvalue weighted by atomic mass is 19.3. The Morgan fingerprint density at radius 3 is 2.74 bits per heavy atom. The van der Waals surface area contributed by atoms with E-state index in [-0.39, 0.29) is 11.5 Å². The molecule has 1 aromatic heterocycles. The first kappa shape index (κ1) is 13.2. The quantitative estimate of drug-likeness (QED) is 0.890. The molecule has 0 aliphatic rings. The van der Waals surface area contributed by atoms with Crippen molar-refractivity contribution >= 4 is 5.88 Å². The largest absolute Gasteiger partial charge is 0.504 e. The van der Waals surface area contributed by atoms with Crippen molar-refractivity contribution in [1.82, 2.24) is 0 Å². The van der Waals surface area contributed by atoms with E-state index >= 15 is 0 Å². The number of furan rings is 1. The van der Waals surface area contributed by atoms with E-state index in [4.69, 9.17) is 4.42 Å². The molecule has 1 heterocycles. The molecule has 0 amide bonds. The van der Waals surface area contributed by atoms with Crippen LogP contribution < -0.4 is 10.1 Å². The minimum absolute atomic E-state index is 0.0211. The lowest BCUT2D eigenvalue weighted by Crippen LogP contribution is -2.01. The molecule has 0 saturated carbocycles. The Morgan fingerprint density at radius 2 is 2.11 bits per heavy atom. The summed E-state index contributed by atoms with van der Waals surface area (Å²) in [5.41, 5.74) is 0.941. The first-order chi connectivity index (χ1) is 9.02. The molecule has 19 heavy (non-hydrogen) atoms. The molecule has 2 rings (SSSR count). The van der Waals surface area contributed by atoms with E-state index < -0.39 is 6.61 Å². The highest BCUT2D eigenvalue weighted by Gasteiger charge is 2.18. The Morgan fingerprint density at radius 1 is 1.37 bits per heavy atom. The fourth-order valence-corrected chi connectivity index (χ4v) is 1.81. The van der Waals surface area contributed by atoms with Crippen LogP contribution in [0.3, 0.4) is 0 Å². The Bertz CT molecular complexity index is 581. The monoisotopic (exact) mass is 269 g/mol. The van der Waals surface area contributed by atoms with Crippen molar-refractivity contribution in [2.24, 2.45) is 0 Å². The van der Waals surface area contributed by atoms with Gasteiger partial charge in [-0.25, -0.2) is 0 Å². The van der Waals surface area contributed by atoms with Crippen molar-refractivity contribution in [3.63, 3.8) is 0 Å². The van der Waals surface area contributed by atoms with Crippen LogP contribution in [-0.4, -0.2) is 18.8 Å². The predicted molar refractivity (Wildman–Crippen MR) is 66.7 cm³/mol. The molecule has 0 aliphatic carbocycles. The van der Waals surface area contributed by atoms with Gasteiger partial charge in [0.05, 0.1) is 5.56 Å². The third-order valence-corrected chi connectivity index (χ3v) is 2.63. The van der Waals surface area contributed by atoms with Crippen molar-refractivity contribution in [1.29, 1.82) is 0 Å². The van der Waals surface area contributed by atoms with Gasteiger partial charge in [-0.3, -0.25) is 0 Å². The Hall–Kier alpha value is -2.24. The van der Waals surface area contributed by atoms with E-state index in [1.807, 2.05) is 0 Å². The summed E-state index contributed by atoms with van der Waals surface area (Å²) in [5.74, 6) is 0.704. The number of ether oxygens (including phenoxy) is 1. The topological polar surface area (TPSA) is 54.6 Å². The van der Waals surface area contributed by atoms with Gasteiger partial charge in [0.2, 0.25) is 5.88 Å². The van der Waals surface area contributed by atoms with Crippen LogP contribution in [0.1, 0.15) is 5.76 Å². The molecule has 2 N–H and O–H groups in total. The van der Waals surface area contributed by atoms with Crippen LogP contribution in [0.4, 0.5) is 14.7 Å². The molecule has 0 spiro atoms. The van der Waals surface area contributed by atoms with Crippen LogP contribution in [0.2, 0.25) is 0 Å². The molecule has 4 nitrogen and oxygen atoms in total. The molecule has 0 atom stereocenters. The number of aryl methyl sites for hydroxylation is 1. The lowest BCUT2D eigenvalue weighted by atomic mass is 10.1. The maximum atomic E-state index is 12.2. The number of halogens is 2. The number of nitrogens with one attached hydrogen (secondary N) is 1. The molecule has 0 fully saturated rings. The second kappa shape index (κ2) is 5.17. The molecule has 2 aromatic rings. The number of hydrogen-bond donors (Lipinski definition) is 2. The number of rotatable bonds is 4. The standard InChI is InChI=1S/C13H13F2NO3/c1-7-11(17)10(12(16-2)18-7)8-4-3-5-9(6-8)19-13(14)15/h3-6,13,16-17H,1-2H3. The third-order valence-electron chi connectivity index (χ3n) is 2.63. The van der Waals surface area contributed by atoms with Gasteiger partial charge in [-0.1, -0.05) is 12.1 Å². The van der Waals surface area contributed by atoms with Crippen LogP contribution in [-0.2, 0) is 0 Å². The molecule has 0 bridgehead atoms. The number of benzene rings is 1. The van der Waals surface area contributed by atoms with Gasteiger partial charge in [-0.2, -0.15) is 8.78 Å². The Balaban J connectivity index is 2.47. The Kier molecular flexibility index (Phi) is 3.59. The zero-order valence-corrected chi connectivity index (χ0v) is 10.4. The SMILES string of the molecule is CNc1oc(C)c(O)c1-c1cccc(OC(F)F)c1. The van der Waals surface area contributed by atoms with Crippen molar-refractivity contribution < 1.29 is 23.0 Å². The summed E-state index contributed by atoms with van der Waals surface area (Å²) < 4.78 is 34.0. The third kappa shape index (κ3) is 2.62. The molecule has 0 unspecified atom stereocenters. The average molecular weight is 269 g/mol. The van der Waals surface area contributed by atoms with Crippen LogP contribution >= 0.6 is 0 Å². The van der Waals surface area contributed by atoms with Gasteiger partial charge in [0.25, 0.3) is 0 Å². The normalized spacial score (nSPS) is 10.8. The van der Waals surface area contributed by atoms with E-state index in [0.29, 0.717) is 22.8 Å². The number of anilines is 1. The highest BCUT2D eigenvalue weighted by molar-refractivity contribution is 5.81. The number of hydrogen-bond acceptors (Lipinski definition) is 4. The highest BCUT2D eigenvalue weighted by Crippen LogP contribution is 2.41.